The van der Waals surface area contributed by atoms with Crippen molar-refractivity contribution in [3.8, 4) is 23.0 Å². The standard InChI is InChI=1S/C46H42ClF8N5O5S2/c1-44(2,67(64,65)29-5-6-29)11-10-27-4-7-30(31-8-9-34(47)38-35(22-66(62,63)45(3)12-13-45)57-59(41(31)38)21-36(50)51)39(56-27)24(14-23-15-25(48)18-26(49)16-23)17-28(61)20-60-42-37(40(58-60)43(52)53)32-19-33(32)46(42,54)55/h4,7-9,15-16,18,24,29,32-33,36,43H,5-6,12-14,17,19-22H2,1-3H3/t24-,32+,33-/m1/s1. The summed E-state index contributed by atoms with van der Waals surface area (Å²) in [5.41, 5.74) is -2.03. The van der Waals surface area contributed by atoms with Gasteiger partial charge in [-0.2, -0.15) is 19.0 Å². The summed E-state index contributed by atoms with van der Waals surface area (Å²) < 4.78 is 171. The van der Waals surface area contributed by atoms with Crippen LogP contribution < -0.4 is 0 Å². The first-order valence-electron chi connectivity index (χ1n) is 21.5. The number of ketones is 1. The fourth-order valence-electron chi connectivity index (χ4n) is 9.30. The molecule has 9 rings (SSSR count). The van der Waals surface area contributed by atoms with Crippen molar-refractivity contribution in [2.24, 2.45) is 5.92 Å². The number of hydrogen-bond acceptors (Lipinski definition) is 8. The van der Waals surface area contributed by atoms with Crippen LogP contribution in [0, 0.1) is 29.4 Å². The zero-order valence-corrected chi connectivity index (χ0v) is 38.5. The van der Waals surface area contributed by atoms with Gasteiger partial charge in [0.1, 0.15) is 46.6 Å². The zero-order chi connectivity index (χ0) is 48.3. The molecule has 3 atom stereocenters. The molecule has 0 radical (unpaired) electrons. The van der Waals surface area contributed by atoms with Crippen LogP contribution in [0.25, 0.3) is 22.0 Å². The van der Waals surface area contributed by atoms with Crippen molar-refractivity contribution in [1.82, 2.24) is 24.5 Å². The van der Waals surface area contributed by atoms with E-state index >= 15 is 8.78 Å². The summed E-state index contributed by atoms with van der Waals surface area (Å²) in [4.78, 5) is 19.1. The van der Waals surface area contributed by atoms with E-state index in [1.807, 2.05) is 0 Å². The fourth-order valence-corrected chi connectivity index (χ4v) is 13.0. The van der Waals surface area contributed by atoms with E-state index in [0.29, 0.717) is 36.4 Å². The van der Waals surface area contributed by atoms with Crippen LogP contribution in [0.15, 0.2) is 42.5 Å². The number of halogens is 9. The van der Waals surface area contributed by atoms with Crippen LogP contribution in [0.1, 0.15) is 117 Å². The normalized spacial score (nSPS) is 19.9. The van der Waals surface area contributed by atoms with Crippen LogP contribution in [0.5, 0.6) is 0 Å². The molecular formula is C46H42ClF8N5O5S2. The van der Waals surface area contributed by atoms with E-state index in [4.69, 9.17) is 16.6 Å². The smallest absolute Gasteiger partial charge is 0.293 e. The van der Waals surface area contributed by atoms with E-state index in [-0.39, 0.29) is 68.1 Å². The summed E-state index contributed by atoms with van der Waals surface area (Å²) in [6, 6.07) is 8.25. The summed E-state index contributed by atoms with van der Waals surface area (Å²) in [6.45, 7) is 2.48. The molecule has 0 amide bonds. The zero-order valence-electron chi connectivity index (χ0n) is 36.1. The number of rotatable bonds is 16. The molecule has 0 N–H and O–H groups in total. The third-order valence-electron chi connectivity index (χ3n) is 13.4. The van der Waals surface area contributed by atoms with Gasteiger partial charge in [0.25, 0.3) is 18.8 Å². The van der Waals surface area contributed by atoms with E-state index in [1.165, 1.54) is 38.1 Å². The van der Waals surface area contributed by atoms with Crippen LogP contribution in [0.2, 0.25) is 5.02 Å². The van der Waals surface area contributed by atoms with Gasteiger partial charge in [0, 0.05) is 46.4 Å². The molecule has 356 valence electrons. The highest BCUT2D eigenvalue weighted by atomic mass is 35.5. The van der Waals surface area contributed by atoms with E-state index in [2.05, 4.69) is 22.0 Å². The maximum atomic E-state index is 15.6. The van der Waals surface area contributed by atoms with Crippen LogP contribution >= 0.6 is 11.6 Å². The van der Waals surface area contributed by atoms with Gasteiger partial charge < -0.3 is 0 Å². The van der Waals surface area contributed by atoms with Gasteiger partial charge in [-0.1, -0.05) is 23.6 Å². The second kappa shape index (κ2) is 16.4. The van der Waals surface area contributed by atoms with E-state index in [1.54, 1.807) is 6.92 Å². The van der Waals surface area contributed by atoms with E-state index in [0.717, 1.165) is 16.8 Å². The van der Waals surface area contributed by atoms with Crippen molar-refractivity contribution in [3.63, 3.8) is 0 Å². The molecule has 4 aliphatic carbocycles. The largest absolute Gasteiger partial charge is 0.298 e. The molecule has 3 fully saturated rings. The average molecular weight is 996 g/mol. The number of alkyl halides is 6. The predicted octanol–water partition coefficient (Wildman–Crippen LogP) is 9.80. The summed E-state index contributed by atoms with van der Waals surface area (Å²) in [5.74, 6) is -4.78. The average Bonchev–Trinajstić information content (AvgIpc) is 4.16. The number of hydrogen-bond donors (Lipinski definition) is 0. The minimum atomic E-state index is -3.88. The maximum absolute atomic E-state index is 15.6. The maximum Gasteiger partial charge on any atom is 0.293 e. The van der Waals surface area contributed by atoms with Crippen molar-refractivity contribution >= 4 is 48.0 Å². The van der Waals surface area contributed by atoms with Crippen molar-refractivity contribution in [1.29, 1.82) is 0 Å². The minimum absolute atomic E-state index is 0.00663. The number of Topliss-reactive ketones (excluding diaryl/α,β-unsaturated/α-hetero) is 1. The van der Waals surface area contributed by atoms with Crippen LogP contribution in [-0.4, -0.2) is 68.3 Å². The van der Waals surface area contributed by atoms with Crippen molar-refractivity contribution < 1.29 is 56.8 Å². The first kappa shape index (κ1) is 47.2. The lowest BCUT2D eigenvalue weighted by molar-refractivity contribution is -0.120. The molecule has 67 heavy (non-hydrogen) atoms. The molecule has 3 saturated carbocycles. The summed E-state index contributed by atoms with van der Waals surface area (Å²) in [5, 5.41) is 7.53. The number of carbonyl (C=O) groups excluding carboxylic acids is 1. The SMILES string of the molecule is CC1(S(=O)(=O)Cc2nn(CC(F)F)c3c(-c4ccc(C#CC(C)(C)S(=O)(=O)C5CC5)nc4[C@@H](CC(=O)Cn4nc(C(F)F)c5c4C(F)(F)[C@@H]4C[C@H]54)Cc4cc(F)cc(F)c4)ccc(Cl)c23)CC1. The third-order valence-corrected chi connectivity index (χ3v) is 19.1. The quantitative estimate of drug-likeness (QED) is 0.0705. The molecule has 4 aliphatic rings. The number of pyridine rings is 1. The van der Waals surface area contributed by atoms with Gasteiger partial charge >= 0.3 is 0 Å². The number of carbonyl (C=O) groups is 1. The lowest BCUT2D eigenvalue weighted by atomic mass is 9.86. The molecule has 2 aromatic carbocycles. The second-order valence-corrected chi connectivity index (χ2v) is 24.5. The Balaban J connectivity index is 1.22. The second-order valence-electron chi connectivity index (χ2n) is 18.8. The van der Waals surface area contributed by atoms with Crippen LogP contribution in [0.4, 0.5) is 35.1 Å². The predicted molar refractivity (Wildman–Crippen MR) is 231 cm³/mol. The summed E-state index contributed by atoms with van der Waals surface area (Å²) in [7, 11) is -7.62. The first-order valence-corrected chi connectivity index (χ1v) is 25.1. The van der Waals surface area contributed by atoms with Gasteiger partial charge in [0.2, 0.25) is 0 Å². The molecule has 5 aromatic rings. The Morgan fingerprint density at radius 1 is 0.940 bits per heavy atom. The Bertz CT molecular complexity index is 3150. The van der Waals surface area contributed by atoms with Gasteiger partial charge in [-0.25, -0.2) is 48.2 Å². The molecule has 0 saturated heterocycles. The van der Waals surface area contributed by atoms with E-state index in [9.17, 15) is 48.0 Å². The number of sulfone groups is 2. The molecule has 3 heterocycles. The fraction of sp³-hybridized carbons (Fsp3) is 0.478. The Morgan fingerprint density at radius 3 is 2.24 bits per heavy atom. The number of nitrogens with zero attached hydrogens (tertiary/aromatic N) is 5. The first-order chi connectivity index (χ1) is 31.3. The molecule has 0 spiro atoms. The highest BCUT2D eigenvalue weighted by Gasteiger charge is 2.67. The van der Waals surface area contributed by atoms with Crippen LogP contribution in [0.3, 0.4) is 0 Å². The minimum Gasteiger partial charge on any atom is -0.298 e. The van der Waals surface area contributed by atoms with Gasteiger partial charge in [0.15, 0.2) is 25.5 Å². The highest BCUT2D eigenvalue weighted by Crippen LogP contribution is 2.68. The van der Waals surface area contributed by atoms with Gasteiger partial charge in [-0.05, 0) is 107 Å². The number of benzene rings is 2. The molecule has 0 aliphatic heterocycles. The number of fused-ring (bicyclic) bond motifs is 4. The Labute approximate surface area is 385 Å². The Morgan fingerprint density at radius 2 is 1.61 bits per heavy atom. The van der Waals surface area contributed by atoms with Gasteiger partial charge in [0.05, 0.1) is 37.7 Å². The molecule has 0 unspecified atom stereocenters. The van der Waals surface area contributed by atoms with Crippen LogP contribution in [-0.2, 0) is 55.7 Å². The van der Waals surface area contributed by atoms with Crippen molar-refractivity contribution in [2.75, 3.05) is 0 Å². The monoisotopic (exact) mass is 995 g/mol. The molecule has 10 nitrogen and oxygen atoms in total. The molecule has 3 aromatic heterocycles. The molecule has 0 bridgehead atoms. The van der Waals surface area contributed by atoms with Crippen molar-refractivity contribution in [2.45, 2.75) is 130 Å². The topological polar surface area (TPSA) is 134 Å². The van der Waals surface area contributed by atoms with E-state index < -0.39 is 125 Å². The third kappa shape index (κ3) is 8.55. The van der Waals surface area contributed by atoms with Gasteiger partial charge in [-0.3, -0.25) is 14.2 Å². The highest BCUT2D eigenvalue weighted by molar-refractivity contribution is 7.94. The Kier molecular flexibility index (Phi) is 11.5. The summed E-state index contributed by atoms with van der Waals surface area (Å²) >= 11 is 6.74. The molecule has 21 heteroatoms. The lowest BCUT2D eigenvalue weighted by Crippen LogP contribution is -2.33. The molecular weight excluding hydrogens is 954 g/mol. The Hall–Kier alpha value is -4.87. The number of aromatic nitrogens is 5. The summed E-state index contributed by atoms with van der Waals surface area (Å²) in [6.07, 6.45) is -5.58. The van der Waals surface area contributed by atoms with Gasteiger partial charge in [-0.15, -0.1) is 0 Å². The lowest BCUT2D eigenvalue weighted by Gasteiger charge is -2.22. The van der Waals surface area contributed by atoms with Crippen molar-refractivity contribution in [3.05, 3.63) is 98.7 Å².